The molecule has 0 aromatic rings. The third-order valence-corrected chi connectivity index (χ3v) is 12.7. The molecule has 370 valence electrons. The molecule has 2 atom stereocenters. The topological polar surface area (TPSA) is 95.9 Å². The Bertz CT molecular complexity index is 1020. The summed E-state index contributed by atoms with van der Waals surface area (Å²) < 4.78 is 5.45. The van der Waals surface area contributed by atoms with Crippen molar-refractivity contribution in [1.82, 2.24) is 5.32 Å². The summed E-state index contributed by atoms with van der Waals surface area (Å²) in [4.78, 5) is 24.5. The van der Waals surface area contributed by atoms with Crippen LogP contribution in [0.1, 0.15) is 290 Å². The predicted molar refractivity (Wildman–Crippen MR) is 273 cm³/mol. The van der Waals surface area contributed by atoms with Crippen molar-refractivity contribution in [3.05, 3.63) is 36.5 Å². The van der Waals surface area contributed by atoms with Crippen LogP contribution in [-0.4, -0.2) is 47.4 Å². The van der Waals surface area contributed by atoms with Gasteiger partial charge in [0.1, 0.15) is 0 Å². The highest BCUT2D eigenvalue weighted by atomic mass is 16.5. The van der Waals surface area contributed by atoms with Crippen molar-refractivity contribution in [2.75, 3.05) is 13.2 Å². The summed E-state index contributed by atoms with van der Waals surface area (Å²) in [7, 11) is 0. The van der Waals surface area contributed by atoms with Crippen LogP contribution >= 0.6 is 0 Å². The van der Waals surface area contributed by atoms with E-state index in [9.17, 15) is 19.8 Å². The summed E-state index contributed by atoms with van der Waals surface area (Å²) in [6.45, 7) is 4.85. The van der Waals surface area contributed by atoms with Crippen LogP contribution in [0.2, 0.25) is 0 Å². The van der Waals surface area contributed by atoms with Gasteiger partial charge in [0.05, 0.1) is 25.4 Å². The van der Waals surface area contributed by atoms with Gasteiger partial charge in [-0.25, -0.2) is 0 Å². The van der Waals surface area contributed by atoms with E-state index in [4.69, 9.17) is 4.74 Å². The fourth-order valence-corrected chi connectivity index (χ4v) is 8.37. The first-order valence-electron chi connectivity index (χ1n) is 27.7. The highest BCUT2D eigenvalue weighted by Crippen LogP contribution is 2.16. The van der Waals surface area contributed by atoms with Crippen LogP contribution in [0.3, 0.4) is 0 Å². The summed E-state index contributed by atoms with van der Waals surface area (Å²) in [6, 6.07) is -0.568. The van der Waals surface area contributed by atoms with Gasteiger partial charge in [-0.15, -0.1) is 0 Å². The van der Waals surface area contributed by atoms with Gasteiger partial charge in [0.2, 0.25) is 5.91 Å². The second kappa shape index (κ2) is 52.7. The Hall–Kier alpha value is -1.92. The van der Waals surface area contributed by atoms with Crippen molar-refractivity contribution in [3.63, 3.8) is 0 Å². The van der Waals surface area contributed by atoms with E-state index in [1.165, 1.54) is 173 Å². The minimum Gasteiger partial charge on any atom is -0.466 e. The number of nitrogens with one attached hydrogen (secondary N) is 1. The fraction of sp³-hybridized carbons (Fsp3) is 0.860. The molecule has 0 aliphatic rings. The van der Waals surface area contributed by atoms with Gasteiger partial charge < -0.3 is 20.3 Å². The summed E-state index contributed by atoms with van der Waals surface area (Å²) in [6.07, 6.45) is 64.1. The SMILES string of the molecule is CCCCC/C=C\C/C=C\CCCCCCCCCCCC(=O)OCCCC/C=C\CCCCCCC(=O)NC(CO)C(O)CCCCCCCCCCCCCCCCCCC. The largest absolute Gasteiger partial charge is 0.466 e. The van der Waals surface area contributed by atoms with Gasteiger partial charge in [-0.1, -0.05) is 230 Å². The van der Waals surface area contributed by atoms with Crippen LogP contribution in [0.25, 0.3) is 0 Å². The highest BCUT2D eigenvalue weighted by molar-refractivity contribution is 5.76. The first-order chi connectivity index (χ1) is 31.0. The molecule has 0 radical (unpaired) electrons. The van der Waals surface area contributed by atoms with Gasteiger partial charge in [-0.2, -0.15) is 0 Å². The van der Waals surface area contributed by atoms with Crippen LogP contribution in [0.4, 0.5) is 0 Å². The Labute approximate surface area is 392 Å². The van der Waals surface area contributed by atoms with Gasteiger partial charge in [0.25, 0.3) is 0 Å². The normalized spacial score (nSPS) is 12.9. The molecule has 0 saturated heterocycles. The molecule has 0 aromatic heterocycles. The molecular formula is C57H107NO5. The lowest BCUT2D eigenvalue weighted by Crippen LogP contribution is -2.45. The number of allylic oxidation sites excluding steroid dienone is 6. The van der Waals surface area contributed by atoms with Crippen LogP contribution in [-0.2, 0) is 14.3 Å². The number of esters is 1. The van der Waals surface area contributed by atoms with Crippen molar-refractivity contribution >= 4 is 11.9 Å². The third kappa shape index (κ3) is 49.4. The molecule has 0 aliphatic carbocycles. The molecule has 0 bridgehead atoms. The van der Waals surface area contributed by atoms with E-state index in [0.29, 0.717) is 25.9 Å². The van der Waals surface area contributed by atoms with Crippen molar-refractivity contribution in [3.8, 4) is 0 Å². The van der Waals surface area contributed by atoms with Gasteiger partial charge in [0.15, 0.2) is 0 Å². The Morgan fingerprint density at radius 2 is 0.794 bits per heavy atom. The first kappa shape index (κ1) is 61.1. The molecular weight excluding hydrogens is 779 g/mol. The molecule has 1 amide bonds. The second-order valence-corrected chi connectivity index (χ2v) is 18.9. The minimum absolute atomic E-state index is 0.0400. The Morgan fingerprint density at radius 1 is 0.444 bits per heavy atom. The average molecular weight is 886 g/mol. The van der Waals surface area contributed by atoms with Gasteiger partial charge >= 0.3 is 5.97 Å². The quantitative estimate of drug-likeness (QED) is 0.0321. The van der Waals surface area contributed by atoms with Crippen molar-refractivity contribution < 1.29 is 24.5 Å². The molecule has 6 nitrogen and oxygen atoms in total. The van der Waals surface area contributed by atoms with E-state index in [1.54, 1.807) is 0 Å². The summed E-state index contributed by atoms with van der Waals surface area (Å²) >= 11 is 0. The number of unbranched alkanes of at least 4 members (excludes halogenated alkanes) is 34. The van der Waals surface area contributed by atoms with Crippen LogP contribution in [0.15, 0.2) is 36.5 Å². The van der Waals surface area contributed by atoms with Crippen LogP contribution in [0.5, 0.6) is 0 Å². The predicted octanol–water partition coefficient (Wildman–Crippen LogP) is 16.9. The Balaban J connectivity index is 3.51. The number of carbonyl (C=O) groups is 2. The molecule has 0 saturated carbocycles. The number of hydrogen-bond acceptors (Lipinski definition) is 5. The summed E-state index contributed by atoms with van der Waals surface area (Å²) in [5.41, 5.74) is 0. The minimum atomic E-state index is -0.687. The molecule has 0 spiro atoms. The van der Waals surface area contributed by atoms with Crippen molar-refractivity contribution in [1.29, 1.82) is 0 Å². The van der Waals surface area contributed by atoms with E-state index in [0.717, 1.165) is 83.5 Å². The fourth-order valence-electron chi connectivity index (χ4n) is 8.37. The zero-order chi connectivity index (χ0) is 45.8. The molecule has 2 unspecified atom stereocenters. The molecule has 0 rings (SSSR count). The molecule has 0 aromatic carbocycles. The molecule has 63 heavy (non-hydrogen) atoms. The van der Waals surface area contributed by atoms with Crippen LogP contribution < -0.4 is 5.32 Å². The number of amides is 1. The molecule has 0 aliphatic heterocycles. The smallest absolute Gasteiger partial charge is 0.305 e. The monoisotopic (exact) mass is 886 g/mol. The van der Waals surface area contributed by atoms with Crippen molar-refractivity contribution in [2.45, 2.75) is 302 Å². The standard InChI is InChI=1S/C57H107NO5/c1-3-5-7-9-11-13-15-17-19-21-22-24-26-28-30-35-39-43-47-51-57(62)63-52-48-44-40-36-32-31-34-38-42-46-50-56(61)58-54(53-59)55(60)49-45-41-37-33-29-27-25-23-20-18-16-14-12-10-8-6-4-2/h11,13,17,19,32,36,54-55,59-60H,3-10,12,14-16,18,20-31,33-35,37-53H2,1-2H3,(H,58,61)/b13-11-,19-17-,36-32-. The van der Waals surface area contributed by atoms with E-state index in [-0.39, 0.29) is 18.5 Å². The maximum atomic E-state index is 12.5. The Morgan fingerprint density at radius 3 is 1.25 bits per heavy atom. The number of aliphatic hydroxyl groups is 2. The van der Waals surface area contributed by atoms with Crippen LogP contribution in [0, 0.1) is 0 Å². The van der Waals surface area contributed by atoms with Gasteiger partial charge in [-0.3, -0.25) is 9.59 Å². The summed E-state index contributed by atoms with van der Waals surface area (Å²) in [5.74, 6) is -0.110. The number of hydrogen-bond donors (Lipinski definition) is 3. The maximum absolute atomic E-state index is 12.5. The summed E-state index contributed by atoms with van der Waals surface area (Å²) in [5, 5.41) is 23.2. The lowest BCUT2D eigenvalue weighted by Gasteiger charge is -2.22. The van der Waals surface area contributed by atoms with Gasteiger partial charge in [0, 0.05) is 12.8 Å². The number of rotatable bonds is 51. The second-order valence-electron chi connectivity index (χ2n) is 18.9. The molecule has 0 heterocycles. The number of ether oxygens (including phenoxy) is 1. The van der Waals surface area contributed by atoms with E-state index >= 15 is 0 Å². The number of aliphatic hydroxyl groups excluding tert-OH is 2. The van der Waals surface area contributed by atoms with Gasteiger partial charge in [-0.05, 0) is 83.5 Å². The zero-order valence-electron chi connectivity index (χ0n) is 42.1. The average Bonchev–Trinajstić information content (AvgIpc) is 3.28. The van der Waals surface area contributed by atoms with Crippen molar-refractivity contribution in [2.24, 2.45) is 0 Å². The highest BCUT2D eigenvalue weighted by Gasteiger charge is 2.20. The van der Waals surface area contributed by atoms with E-state index in [1.807, 2.05) is 0 Å². The number of carbonyl (C=O) groups excluding carboxylic acids is 2. The Kier molecular flexibility index (Phi) is 51.1. The van der Waals surface area contributed by atoms with E-state index in [2.05, 4.69) is 55.6 Å². The lowest BCUT2D eigenvalue weighted by molar-refractivity contribution is -0.143. The third-order valence-electron chi connectivity index (χ3n) is 12.7. The molecule has 6 heteroatoms. The lowest BCUT2D eigenvalue weighted by atomic mass is 10.0. The first-order valence-corrected chi connectivity index (χ1v) is 27.7. The maximum Gasteiger partial charge on any atom is 0.305 e. The van der Waals surface area contributed by atoms with E-state index < -0.39 is 12.1 Å². The molecule has 0 fully saturated rings. The zero-order valence-corrected chi connectivity index (χ0v) is 42.1. The molecule has 3 N–H and O–H groups in total.